The van der Waals surface area contributed by atoms with Gasteiger partial charge in [-0.1, -0.05) is 13.8 Å². The Morgan fingerprint density at radius 1 is 1.27 bits per heavy atom. The molecule has 1 heterocycles. The molecule has 0 saturated carbocycles. The molecular weight excluding hydrogens is 340 g/mol. The van der Waals surface area contributed by atoms with Gasteiger partial charge in [-0.05, 0) is 25.2 Å². The van der Waals surface area contributed by atoms with Crippen LogP contribution in [0.4, 0.5) is 17.2 Å². The highest BCUT2D eigenvalue weighted by molar-refractivity contribution is 5.93. The summed E-state index contributed by atoms with van der Waals surface area (Å²) in [4.78, 5) is 25.9. The molecule has 0 unspecified atom stereocenters. The van der Waals surface area contributed by atoms with Crippen LogP contribution in [0.5, 0.6) is 0 Å². The molecule has 0 fully saturated rings. The van der Waals surface area contributed by atoms with Gasteiger partial charge in [0.1, 0.15) is 0 Å². The van der Waals surface area contributed by atoms with Crippen LogP contribution in [0.3, 0.4) is 0 Å². The lowest BCUT2D eigenvalue weighted by Crippen LogP contribution is -2.27. The summed E-state index contributed by atoms with van der Waals surface area (Å²) in [5.74, 6) is -0.367. The molecule has 0 amide bonds. The number of methoxy groups -OCH3 is 1. The number of non-ortho nitro benzene ring substituents is 1. The van der Waals surface area contributed by atoms with Crippen LogP contribution in [-0.2, 0) is 11.3 Å². The molecule has 0 atom stereocenters. The van der Waals surface area contributed by atoms with Crippen molar-refractivity contribution in [2.24, 2.45) is 0 Å². The van der Waals surface area contributed by atoms with E-state index in [2.05, 4.69) is 34.3 Å². The maximum absolute atomic E-state index is 12.0. The van der Waals surface area contributed by atoms with E-state index in [9.17, 15) is 14.9 Å². The van der Waals surface area contributed by atoms with Crippen molar-refractivity contribution in [3.63, 3.8) is 0 Å². The standard InChI is InChI=1S/C16H22N6O4/c1-4-20(5-2)10-11-21-18-14(16(23)26-3)15(19-21)17-12-6-8-13(9-7-12)22(24)25/h6-9H,4-5,10-11H2,1-3H3,(H,17,19). The van der Waals surface area contributed by atoms with Crippen molar-refractivity contribution in [1.82, 2.24) is 19.9 Å². The Morgan fingerprint density at radius 3 is 2.46 bits per heavy atom. The van der Waals surface area contributed by atoms with E-state index >= 15 is 0 Å². The number of rotatable bonds is 9. The van der Waals surface area contributed by atoms with Gasteiger partial charge in [0.25, 0.3) is 5.69 Å². The van der Waals surface area contributed by atoms with E-state index in [1.807, 2.05) is 0 Å². The van der Waals surface area contributed by atoms with Crippen LogP contribution in [0.25, 0.3) is 0 Å². The average Bonchev–Trinajstić information content (AvgIpc) is 3.05. The molecule has 0 spiro atoms. The van der Waals surface area contributed by atoms with Crippen LogP contribution in [0, 0.1) is 10.1 Å². The van der Waals surface area contributed by atoms with E-state index in [0.29, 0.717) is 12.2 Å². The molecule has 2 aromatic rings. The van der Waals surface area contributed by atoms with Crippen LogP contribution in [0.1, 0.15) is 24.3 Å². The molecule has 0 aliphatic carbocycles. The van der Waals surface area contributed by atoms with Crippen LogP contribution in [-0.4, -0.2) is 57.5 Å². The minimum Gasteiger partial charge on any atom is -0.464 e. The van der Waals surface area contributed by atoms with Gasteiger partial charge in [0.2, 0.25) is 5.69 Å². The third-order valence-corrected chi connectivity index (χ3v) is 3.89. The molecule has 10 nitrogen and oxygen atoms in total. The minimum atomic E-state index is -0.608. The fourth-order valence-corrected chi connectivity index (χ4v) is 2.34. The smallest absolute Gasteiger partial charge is 0.362 e. The van der Waals surface area contributed by atoms with Crippen LogP contribution in [0.2, 0.25) is 0 Å². The normalized spacial score (nSPS) is 10.8. The summed E-state index contributed by atoms with van der Waals surface area (Å²) < 4.78 is 4.75. The molecule has 1 aromatic carbocycles. The van der Waals surface area contributed by atoms with Crippen molar-refractivity contribution in [2.75, 3.05) is 32.1 Å². The Balaban J connectivity index is 2.19. The predicted octanol–water partition coefficient (Wildman–Crippen LogP) is 2.06. The van der Waals surface area contributed by atoms with Crippen molar-refractivity contribution in [2.45, 2.75) is 20.4 Å². The molecule has 0 radical (unpaired) electrons. The number of nitro groups is 1. The monoisotopic (exact) mass is 362 g/mol. The Hall–Kier alpha value is -3.01. The van der Waals surface area contributed by atoms with E-state index in [1.165, 1.54) is 36.2 Å². The molecule has 0 bridgehead atoms. The molecule has 26 heavy (non-hydrogen) atoms. The number of likely N-dealkylation sites (N-methyl/N-ethyl adjacent to an activating group) is 1. The molecule has 0 aliphatic rings. The Bertz CT molecular complexity index is 755. The van der Waals surface area contributed by atoms with Crippen molar-refractivity contribution >= 4 is 23.2 Å². The zero-order valence-corrected chi connectivity index (χ0v) is 15.0. The van der Waals surface area contributed by atoms with Crippen LogP contribution in [0.15, 0.2) is 24.3 Å². The SMILES string of the molecule is CCN(CC)CCn1nc(Nc2ccc([N+](=O)[O-])cc2)c(C(=O)OC)n1. The summed E-state index contributed by atoms with van der Waals surface area (Å²) in [6.45, 7) is 7.24. The largest absolute Gasteiger partial charge is 0.464 e. The van der Waals surface area contributed by atoms with Crippen molar-refractivity contribution in [3.05, 3.63) is 40.1 Å². The fourth-order valence-electron chi connectivity index (χ4n) is 2.34. The number of benzene rings is 1. The first-order valence-corrected chi connectivity index (χ1v) is 8.25. The van der Waals surface area contributed by atoms with Gasteiger partial charge < -0.3 is 15.0 Å². The van der Waals surface area contributed by atoms with Gasteiger partial charge in [-0.25, -0.2) is 4.79 Å². The number of nitrogens with zero attached hydrogens (tertiary/aromatic N) is 5. The van der Waals surface area contributed by atoms with E-state index in [0.717, 1.165) is 19.6 Å². The summed E-state index contributed by atoms with van der Waals surface area (Å²) in [5.41, 5.74) is 0.591. The molecule has 0 saturated heterocycles. The third kappa shape index (κ3) is 4.76. The number of hydrogen-bond donors (Lipinski definition) is 1. The van der Waals surface area contributed by atoms with Crippen molar-refractivity contribution < 1.29 is 14.5 Å². The molecule has 2 rings (SSSR count). The Labute approximate surface area is 150 Å². The van der Waals surface area contributed by atoms with E-state index < -0.39 is 10.9 Å². The second kappa shape index (κ2) is 8.90. The van der Waals surface area contributed by atoms with Gasteiger partial charge in [-0.15, -0.1) is 10.2 Å². The lowest BCUT2D eigenvalue weighted by Gasteiger charge is -2.16. The summed E-state index contributed by atoms with van der Waals surface area (Å²) in [6.07, 6.45) is 0. The van der Waals surface area contributed by atoms with E-state index in [-0.39, 0.29) is 17.2 Å². The number of ether oxygens (including phenoxy) is 1. The first-order chi connectivity index (χ1) is 12.5. The second-order valence-corrected chi connectivity index (χ2v) is 5.44. The highest BCUT2D eigenvalue weighted by atomic mass is 16.6. The number of aromatic nitrogens is 3. The summed E-state index contributed by atoms with van der Waals surface area (Å²) in [7, 11) is 1.27. The van der Waals surface area contributed by atoms with Gasteiger partial charge in [0, 0.05) is 24.4 Å². The Morgan fingerprint density at radius 2 is 1.92 bits per heavy atom. The zero-order valence-electron chi connectivity index (χ0n) is 15.0. The first kappa shape index (κ1) is 19.3. The van der Waals surface area contributed by atoms with E-state index in [1.54, 1.807) is 0 Å². The van der Waals surface area contributed by atoms with Crippen molar-refractivity contribution in [3.8, 4) is 0 Å². The maximum Gasteiger partial charge on any atom is 0.362 e. The van der Waals surface area contributed by atoms with Crippen LogP contribution >= 0.6 is 0 Å². The maximum atomic E-state index is 12.0. The number of carbonyl (C=O) groups is 1. The molecular formula is C16H22N6O4. The van der Waals surface area contributed by atoms with Gasteiger partial charge in [-0.2, -0.15) is 4.80 Å². The number of carbonyl (C=O) groups excluding carboxylic acids is 1. The molecule has 10 heteroatoms. The molecule has 1 N–H and O–H groups in total. The van der Waals surface area contributed by atoms with Gasteiger partial charge in [-0.3, -0.25) is 10.1 Å². The molecule has 1 aromatic heterocycles. The topological polar surface area (TPSA) is 115 Å². The number of nitro benzene ring substituents is 1. The second-order valence-electron chi connectivity index (χ2n) is 5.44. The van der Waals surface area contributed by atoms with E-state index in [4.69, 9.17) is 4.74 Å². The summed E-state index contributed by atoms with van der Waals surface area (Å²) in [6, 6.07) is 5.80. The fraction of sp³-hybridized carbons (Fsp3) is 0.438. The Kier molecular flexibility index (Phi) is 6.61. The average molecular weight is 362 g/mol. The third-order valence-electron chi connectivity index (χ3n) is 3.89. The summed E-state index contributed by atoms with van der Waals surface area (Å²) in [5, 5.41) is 22.2. The summed E-state index contributed by atoms with van der Waals surface area (Å²) >= 11 is 0. The quantitative estimate of drug-likeness (QED) is 0.409. The highest BCUT2D eigenvalue weighted by Gasteiger charge is 2.20. The van der Waals surface area contributed by atoms with Crippen molar-refractivity contribution in [1.29, 1.82) is 0 Å². The van der Waals surface area contributed by atoms with Gasteiger partial charge >= 0.3 is 5.97 Å². The number of nitrogens with one attached hydrogen (secondary N) is 1. The van der Waals surface area contributed by atoms with Gasteiger partial charge in [0.15, 0.2) is 5.82 Å². The minimum absolute atomic E-state index is 0.0216. The number of hydrogen-bond acceptors (Lipinski definition) is 8. The highest BCUT2D eigenvalue weighted by Crippen LogP contribution is 2.21. The first-order valence-electron chi connectivity index (χ1n) is 8.25. The lowest BCUT2D eigenvalue weighted by molar-refractivity contribution is -0.384. The lowest BCUT2D eigenvalue weighted by atomic mass is 10.3. The number of esters is 1. The predicted molar refractivity (Wildman–Crippen MR) is 95.5 cm³/mol. The number of anilines is 2. The van der Waals surface area contributed by atoms with Gasteiger partial charge in [0.05, 0.1) is 18.6 Å². The zero-order chi connectivity index (χ0) is 19.1. The molecule has 140 valence electrons. The van der Waals surface area contributed by atoms with Crippen LogP contribution < -0.4 is 5.32 Å². The molecule has 0 aliphatic heterocycles.